The Morgan fingerprint density at radius 2 is 0.956 bits per heavy atom. The summed E-state index contributed by atoms with van der Waals surface area (Å²) in [5.41, 5.74) is 10.0. The summed E-state index contributed by atoms with van der Waals surface area (Å²) in [7, 11) is 0. The number of hydrogen-bond acceptors (Lipinski definition) is 3. The third-order valence-corrected chi connectivity index (χ3v) is 9.85. The van der Waals surface area contributed by atoms with Crippen LogP contribution in [0.2, 0.25) is 0 Å². The average Bonchev–Trinajstić information content (AvgIpc) is 3.69. The third kappa shape index (κ3) is 4.32. The summed E-state index contributed by atoms with van der Waals surface area (Å²) in [6.45, 7) is 0. The van der Waals surface area contributed by atoms with E-state index in [1.807, 2.05) is 17.4 Å². The van der Waals surface area contributed by atoms with Gasteiger partial charge >= 0.3 is 0 Å². The van der Waals surface area contributed by atoms with E-state index in [1.54, 1.807) is 0 Å². The highest BCUT2D eigenvalue weighted by molar-refractivity contribution is 7.26. The molecule has 0 aliphatic rings. The van der Waals surface area contributed by atoms with Gasteiger partial charge in [0.05, 0.1) is 10.4 Å². The summed E-state index contributed by atoms with van der Waals surface area (Å²) in [6.07, 6.45) is 0. The van der Waals surface area contributed by atoms with Crippen LogP contribution >= 0.6 is 11.3 Å². The second-order valence-electron chi connectivity index (χ2n) is 11.3. The fourth-order valence-corrected chi connectivity index (χ4v) is 7.72. The number of anilines is 3. The lowest BCUT2D eigenvalue weighted by atomic mass is 10.0. The molecule has 0 bridgehead atoms. The second kappa shape index (κ2) is 10.5. The Morgan fingerprint density at radius 1 is 0.444 bits per heavy atom. The van der Waals surface area contributed by atoms with Gasteiger partial charge in [-0.1, -0.05) is 121 Å². The number of thiophene rings is 1. The topological polar surface area (TPSA) is 16.4 Å². The van der Waals surface area contributed by atoms with Crippen LogP contribution in [0.15, 0.2) is 168 Å². The van der Waals surface area contributed by atoms with Crippen LogP contribution in [-0.2, 0) is 0 Å². The van der Waals surface area contributed by atoms with Gasteiger partial charge in [0.1, 0.15) is 5.58 Å². The molecule has 45 heavy (non-hydrogen) atoms. The fourth-order valence-electron chi connectivity index (χ4n) is 6.52. The second-order valence-corrected chi connectivity index (χ2v) is 12.4. The molecule has 0 amide bonds. The normalized spacial score (nSPS) is 11.6. The van der Waals surface area contributed by atoms with E-state index >= 15 is 0 Å². The maximum absolute atomic E-state index is 6.56. The van der Waals surface area contributed by atoms with Crippen LogP contribution in [0.5, 0.6) is 0 Å². The molecule has 0 unspecified atom stereocenters. The molecule has 7 aromatic carbocycles. The molecular formula is C42H27NOS. The molecule has 2 aromatic heterocycles. The predicted octanol–water partition coefficient (Wildman–Crippen LogP) is 12.8. The lowest BCUT2D eigenvalue weighted by molar-refractivity contribution is 0.673. The molecule has 2 heterocycles. The molecule has 0 N–H and O–H groups in total. The monoisotopic (exact) mass is 593 g/mol. The van der Waals surface area contributed by atoms with E-state index in [0.29, 0.717) is 0 Å². The van der Waals surface area contributed by atoms with Crippen LogP contribution in [0.1, 0.15) is 0 Å². The zero-order chi connectivity index (χ0) is 29.7. The van der Waals surface area contributed by atoms with E-state index in [2.05, 4.69) is 163 Å². The Morgan fingerprint density at radius 3 is 1.58 bits per heavy atom. The van der Waals surface area contributed by atoms with E-state index in [0.717, 1.165) is 39.0 Å². The minimum Gasteiger partial charge on any atom is -0.455 e. The van der Waals surface area contributed by atoms with E-state index in [1.165, 1.54) is 42.4 Å². The highest BCUT2D eigenvalue weighted by Gasteiger charge is 2.23. The number of fused-ring (bicyclic) bond motifs is 7. The maximum Gasteiger partial charge on any atom is 0.153 e. The molecule has 0 fully saturated rings. The van der Waals surface area contributed by atoms with Crippen molar-refractivity contribution >= 4 is 70.5 Å². The molecule has 9 aromatic rings. The van der Waals surface area contributed by atoms with E-state index in [4.69, 9.17) is 4.42 Å². The van der Waals surface area contributed by atoms with Crippen molar-refractivity contribution in [3.05, 3.63) is 164 Å². The molecule has 212 valence electrons. The largest absolute Gasteiger partial charge is 0.455 e. The first-order valence-corrected chi connectivity index (χ1v) is 16.0. The van der Waals surface area contributed by atoms with Crippen LogP contribution in [0.25, 0.3) is 64.4 Å². The van der Waals surface area contributed by atoms with Gasteiger partial charge in [0.15, 0.2) is 5.58 Å². The van der Waals surface area contributed by atoms with Crippen LogP contribution in [0, 0.1) is 0 Å². The SMILES string of the molecule is c1ccc(-c2ccc(N(c3ccc(-c4ccccc4)cc3)c3cc4c5ccccc5oc4c4sc5ccccc5c34)cc2)cc1. The van der Waals surface area contributed by atoms with Crippen molar-refractivity contribution in [2.45, 2.75) is 0 Å². The van der Waals surface area contributed by atoms with Gasteiger partial charge in [-0.3, -0.25) is 0 Å². The van der Waals surface area contributed by atoms with Gasteiger partial charge in [0, 0.05) is 37.6 Å². The van der Waals surface area contributed by atoms with Crippen LogP contribution in [0.4, 0.5) is 17.1 Å². The first-order valence-electron chi connectivity index (χ1n) is 15.2. The zero-order valence-corrected chi connectivity index (χ0v) is 25.2. The van der Waals surface area contributed by atoms with Gasteiger partial charge in [0.25, 0.3) is 0 Å². The summed E-state index contributed by atoms with van der Waals surface area (Å²) < 4.78 is 8.99. The average molecular weight is 594 g/mol. The van der Waals surface area contributed by atoms with Gasteiger partial charge in [-0.25, -0.2) is 0 Å². The van der Waals surface area contributed by atoms with Crippen molar-refractivity contribution in [3.63, 3.8) is 0 Å². The Bertz CT molecular complexity index is 2370. The lowest BCUT2D eigenvalue weighted by Gasteiger charge is -2.27. The van der Waals surface area contributed by atoms with Gasteiger partial charge in [-0.05, 0) is 64.7 Å². The molecule has 2 nitrogen and oxygen atoms in total. The van der Waals surface area contributed by atoms with Gasteiger partial charge in [-0.15, -0.1) is 11.3 Å². The minimum absolute atomic E-state index is 0.911. The van der Waals surface area contributed by atoms with Crippen molar-refractivity contribution in [2.75, 3.05) is 4.90 Å². The smallest absolute Gasteiger partial charge is 0.153 e. The maximum atomic E-state index is 6.56. The molecule has 9 rings (SSSR count). The fraction of sp³-hybridized carbons (Fsp3) is 0. The standard InChI is InChI=1S/C42H27NOS/c1-3-11-28(12-4-1)30-19-23-32(24-20-30)43(33-25-21-31(22-26-33)29-13-5-2-6-14-29)37-27-36-34-15-7-9-17-38(34)44-41(36)42-40(37)35-16-8-10-18-39(35)45-42/h1-27H. The van der Waals surface area contributed by atoms with E-state index in [-0.39, 0.29) is 0 Å². The summed E-state index contributed by atoms with van der Waals surface area (Å²) >= 11 is 1.81. The number of nitrogens with zero attached hydrogens (tertiary/aromatic N) is 1. The minimum atomic E-state index is 0.911. The number of furan rings is 1. The third-order valence-electron chi connectivity index (χ3n) is 8.68. The van der Waals surface area contributed by atoms with Crippen molar-refractivity contribution < 1.29 is 4.42 Å². The first-order chi connectivity index (χ1) is 22.3. The van der Waals surface area contributed by atoms with Crippen molar-refractivity contribution in [2.24, 2.45) is 0 Å². The van der Waals surface area contributed by atoms with Gasteiger partial charge < -0.3 is 9.32 Å². The molecule has 0 saturated heterocycles. The Hall–Kier alpha value is -5.64. The Labute approximate surface area is 265 Å². The number of hydrogen-bond donors (Lipinski definition) is 0. The number of para-hydroxylation sites is 1. The molecule has 0 radical (unpaired) electrons. The van der Waals surface area contributed by atoms with Crippen molar-refractivity contribution in [1.82, 2.24) is 0 Å². The lowest BCUT2D eigenvalue weighted by Crippen LogP contribution is -2.10. The molecule has 0 spiro atoms. The summed E-state index contributed by atoms with van der Waals surface area (Å²) in [5.74, 6) is 0. The van der Waals surface area contributed by atoms with Gasteiger partial charge in [-0.2, -0.15) is 0 Å². The molecule has 0 aliphatic heterocycles. The number of benzene rings is 7. The Balaban J connectivity index is 1.32. The summed E-state index contributed by atoms with van der Waals surface area (Å²) in [6, 6.07) is 58.4. The number of rotatable bonds is 5. The summed E-state index contributed by atoms with van der Waals surface area (Å²) in [5, 5.41) is 4.71. The molecular weight excluding hydrogens is 567 g/mol. The van der Waals surface area contributed by atoms with E-state index < -0.39 is 0 Å². The molecule has 3 heteroatoms. The van der Waals surface area contributed by atoms with Crippen LogP contribution < -0.4 is 4.90 Å². The van der Waals surface area contributed by atoms with Crippen LogP contribution in [-0.4, -0.2) is 0 Å². The Kier molecular flexibility index (Phi) is 6.03. The molecule has 0 saturated carbocycles. The van der Waals surface area contributed by atoms with Crippen molar-refractivity contribution in [3.8, 4) is 22.3 Å². The highest BCUT2D eigenvalue weighted by Crippen LogP contribution is 2.50. The molecule has 0 aliphatic carbocycles. The van der Waals surface area contributed by atoms with E-state index in [9.17, 15) is 0 Å². The first kappa shape index (κ1) is 25.8. The zero-order valence-electron chi connectivity index (χ0n) is 24.4. The quantitative estimate of drug-likeness (QED) is 0.197. The van der Waals surface area contributed by atoms with Crippen LogP contribution in [0.3, 0.4) is 0 Å². The highest BCUT2D eigenvalue weighted by atomic mass is 32.1. The van der Waals surface area contributed by atoms with Gasteiger partial charge in [0.2, 0.25) is 0 Å². The van der Waals surface area contributed by atoms with Crippen molar-refractivity contribution in [1.29, 1.82) is 0 Å². The predicted molar refractivity (Wildman–Crippen MR) is 192 cm³/mol. The molecule has 0 atom stereocenters. The summed E-state index contributed by atoms with van der Waals surface area (Å²) in [4.78, 5) is 2.41.